The Balaban J connectivity index is 1.26. The van der Waals surface area contributed by atoms with Gasteiger partial charge in [-0.2, -0.15) is 0 Å². The van der Waals surface area contributed by atoms with Gasteiger partial charge in [-0.3, -0.25) is 0 Å². The topological polar surface area (TPSA) is 0 Å². The van der Waals surface area contributed by atoms with Crippen LogP contribution >= 0.6 is 11.8 Å². The van der Waals surface area contributed by atoms with Crippen LogP contribution in [0.2, 0.25) is 0 Å². The molecule has 56 heavy (non-hydrogen) atoms. The third-order valence-corrected chi connectivity index (χ3v) is 13.6. The summed E-state index contributed by atoms with van der Waals surface area (Å²) in [5, 5.41) is 15.5. The first kappa shape index (κ1) is 31.7. The van der Waals surface area contributed by atoms with Gasteiger partial charge in [-0.25, -0.2) is 0 Å². The molecule has 0 bridgehead atoms. The second kappa shape index (κ2) is 12.2. The molecular weight excluding hydrogens is 693 g/mol. The van der Waals surface area contributed by atoms with Crippen LogP contribution in [0, 0.1) is 0 Å². The summed E-state index contributed by atoms with van der Waals surface area (Å²) in [5.74, 6) is 0. The van der Waals surface area contributed by atoms with Crippen molar-refractivity contribution in [2.24, 2.45) is 0 Å². The van der Waals surface area contributed by atoms with E-state index in [0.29, 0.717) is 0 Å². The predicted molar refractivity (Wildman–Crippen MR) is 239 cm³/mol. The van der Waals surface area contributed by atoms with E-state index < -0.39 is 5.41 Å². The third-order valence-electron chi connectivity index (χ3n) is 12.3. The van der Waals surface area contributed by atoms with Crippen LogP contribution in [0.15, 0.2) is 216 Å². The Morgan fingerprint density at radius 1 is 0.286 bits per heavy atom. The molecule has 0 spiro atoms. The lowest BCUT2D eigenvalue weighted by molar-refractivity contribution is 0.724. The van der Waals surface area contributed by atoms with E-state index >= 15 is 0 Å². The van der Waals surface area contributed by atoms with Crippen LogP contribution in [0.5, 0.6) is 0 Å². The Bertz CT molecular complexity index is 3250. The molecule has 0 amide bonds. The van der Waals surface area contributed by atoms with Gasteiger partial charge in [-0.1, -0.05) is 212 Å². The van der Waals surface area contributed by atoms with Crippen molar-refractivity contribution in [2.45, 2.75) is 15.2 Å². The van der Waals surface area contributed by atoms with Crippen molar-refractivity contribution in [1.29, 1.82) is 0 Å². The lowest BCUT2D eigenvalue weighted by Crippen LogP contribution is -2.35. The minimum Gasteiger partial charge on any atom is -0.0880 e. The van der Waals surface area contributed by atoms with Crippen LogP contribution < -0.4 is 0 Å². The highest BCUT2D eigenvalue weighted by Gasteiger charge is 2.47. The largest absolute Gasteiger partial charge is 0.0880 e. The van der Waals surface area contributed by atoms with E-state index in [9.17, 15) is 0 Å². The van der Waals surface area contributed by atoms with E-state index in [-0.39, 0.29) is 0 Å². The molecule has 0 atom stereocenters. The second-order valence-electron chi connectivity index (χ2n) is 15.1. The van der Waals surface area contributed by atoms with Crippen LogP contribution in [0.25, 0.3) is 75.8 Å². The van der Waals surface area contributed by atoms with E-state index in [2.05, 4.69) is 206 Å². The molecule has 0 unspecified atom stereocenters. The summed E-state index contributed by atoms with van der Waals surface area (Å²) in [6, 6.07) is 77.2. The molecule has 0 fully saturated rings. The molecule has 1 aliphatic rings. The van der Waals surface area contributed by atoms with Gasteiger partial charge in [0.05, 0.1) is 5.41 Å². The first-order chi connectivity index (χ1) is 27.8. The van der Waals surface area contributed by atoms with E-state index in [1.54, 1.807) is 0 Å². The van der Waals surface area contributed by atoms with Crippen molar-refractivity contribution >= 4 is 76.4 Å². The maximum absolute atomic E-state index is 2.43. The molecule has 0 saturated carbocycles. The van der Waals surface area contributed by atoms with E-state index in [0.717, 1.165) is 0 Å². The summed E-state index contributed by atoms with van der Waals surface area (Å²) in [6.45, 7) is 0. The number of hydrogen-bond donors (Lipinski definition) is 0. The Morgan fingerprint density at radius 3 is 1.20 bits per heavy atom. The van der Waals surface area contributed by atoms with Gasteiger partial charge in [-0.05, 0) is 104 Å². The Hall–Kier alpha value is -6.67. The van der Waals surface area contributed by atoms with Crippen LogP contribution in [0.4, 0.5) is 0 Å². The van der Waals surface area contributed by atoms with Gasteiger partial charge < -0.3 is 0 Å². The second-order valence-corrected chi connectivity index (χ2v) is 16.1. The minimum absolute atomic E-state index is 0.644. The molecule has 12 rings (SSSR count). The van der Waals surface area contributed by atoms with Gasteiger partial charge in [-0.15, -0.1) is 0 Å². The number of fused-ring (bicyclic) bond motifs is 15. The molecule has 260 valence electrons. The summed E-state index contributed by atoms with van der Waals surface area (Å²) < 4.78 is 0. The maximum Gasteiger partial charge on any atom is 0.0736 e. The smallest absolute Gasteiger partial charge is 0.0736 e. The summed E-state index contributed by atoms with van der Waals surface area (Å²) in [6.07, 6.45) is 0. The molecule has 0 aliphatic carbocycles. The average molecular weight is 727 g/mol. The number of hydrogen-bond acceptors (Lipinski definition) is 1. The van der Waals surface area contributed by atoms with Gasteiger partial charge >= 0.3 is 0 Å². The molecule has 11 aromatic carbocycles. The van der Waals surface area contributed by atoms with Crippen molar-refractivity contribution < 1.29 is 0 Å². The van der Waals surface area contributed by atoms with E-state index in [1.807, 2.05) is 11.8 Å². The monoisotopic (exact) mass is 726 g/mol. The van der Waals surface area contributed by atoms with Gasteiger partial charge in [0.2, 0.25) is 0 Å². The fourth-order valence-electron chi connectivity index (χ4n) is 10.0. The number of benzene rings is 11. The molecule has 1 aliphatic heterocycles. The summed E-state index contributed by atoms with van der Waals surface area (Å²) >= 11 is 1.97. The highest BCUT2D eigenvalue weighted by atomic mass is 32.2. The summed E-state index contributed by atoms with van der Waals surface area (Å²) in [7, 11) is 0. The van der Waals surface area contributed by atoms with Gasteiger partial charge in [0, 0.05) is 9.79 Å². The fraction of sp³-hybridized carbons (Fsp3) is 0.0182. The SMILES string of the molecule is c1ccc(C2(c3ccc(-c4cc5ccccc5c5ccccc45)cc3)c3c(c4ccccc4c4ccccc34)Sc3c2c2ccccc2c2ccccc32)cc1. The lowest BCUT2D eigenvalue weighted by Gasteiger charge is -2.44. The van der Waals surface area contributed by atoms with Crippen LogP contribution in [-0.2, 0) is 5.41 Å². The normalized spacial score (nSPS) is 13.4. The van der Waals surface area contributed by atoms with Crippen molar-refractivity contribution in [3.8, 4) is 11.1 Å². The Kier molecular flexibility index (Phi) is 6.88. The zero-order valence-electron chi connectivity index (χ0n) is 30.5. The summed E-state index contributed by atoms with van der Waals surface area (Å²) in [4.78, 5) is 2.67. The van der Waals surface area contributed by atoms with Gasteiger partial charge in [0.25, 0.3) is 0 Å². The zero-order valence-corrected chi connectivity index (χ0v) is 31.4. The highest BCUT2D eigenvalue weighted by molar-refractivity contribution is 8.00. The average Bonchev–Trinajstić information content (AvgIpc) is 3.28. The molecule has 1 heteroatoms. The molecule has 0 nitrogen and oxygen atoms in total. The van der Waals surface area contributed by atoms with Gasteiger partial charge in [0.15, 0.2) is 0 Å². The molecule has 11 aromatic rings. The summed E-state index contributed by atoms with van der Waals surface area (Å²) in [5.41, 5.74) is 7.09. The van der Waals surface area contributed by atoms with Crippen LogP contribution in [-0.4, -0.2) is 0 Å². The highest BCUT2D eigenvalue weighted by Crippen LogP contribution is 2.62. The first-order valence-corrected chi connectivity index (χ1v) is 20.2. The molecular formula is C55H34S. The molecule has 0 saturated heterocycles. The van der Waals surface area contributed by atoms with Crippen LogP contribution in [0.3, 0.4) is 0 Å². The predicted octanol–water partition coefficient (Wildman–Crippen LogP) is 15.1. The van der Waals surface area contributed by atoms with Gasteiger partial charge in [0.1, 0.15) is 0 Å². The van der Waals surface area contributed by atoms with Crippen molar-refractivity contribution in [2.75, 3.05) is 0 Å². The zero-order chi connectivity index (χ0) is 36.8. The molecule has 0 N–H and O–H groups in total. The van der Waals surface area contributed by atoms with Crippen molar-refractivity contribution in [1.82, 2.24) is 0 Å². The quantitative estimate of drug-likeness (QED) is 0.163. The lowest BCUT2D eigenvalue weighted by atomic mass is 9.62. The standard InChI is InChI=1S/C55H34S/c1-2-17-37(18-3-1)55(38-32-30-35(31-33-38)50-34-36-16-4-5-19-39(36)40-20-6-7-25-45(40)50)51-46-26-12-8-21-41(46)43-23-10-14-28-48(43)53(51)56-54-49-29-15-11-24-44(49)42-22-9-13-27-47(42)52(54)55/h1-34H. The molecule has 0 radical (unpaired) electrons. The first-order valence-electron chi connectivity index (χ1n) is 19.4. The van der Waals surface area contributed by atoms with Crippen LogP contribution in [0.1, 0.15) is 22.3 Å². The maximum atomic E-state index is 2.43. The van der Waals surface area contributed by atoms with E-state index in [4.69, 9.17) is 0 Å². The van der Waals surface area contributed by atoms with Crippen molar-refractivity contribution in [3.63, 3.8) is 0 Å². The molecule has 1 heterocycles. The Labute approximate surface area is 329 Å². The third kappa shape index (κ3) is 4.32. The van der Waals surface area contributed by atoms with E-state index in [1.165, 1.54) is 108 Å². The Morgan fingerprint density at radius 2 is 0.661 bits per heavy atom. The fourth-order valence-corrected chi connectivity index (χ4v) is 11.5. The minimum atomic E-state index is -0.644. The van der Waals surface area contributed by atoms with Crippen molar-refractivity contribution in [3.05, 3.63) is 229 Å². The molecule has 0 aromatic heterocycles. The number of rotatable bonds is 3.